The Labute approximate surface area is 191 Å². The molecule has 0 atom stereocenters. The lowest BCUT2D eigenvalue weighted by atomic mass is 9.68. The summed E-state index contributed by atoms with van der Waals surface area (Å²) in [5.41, 5.74) is 1.04. The highest BCUT2D eigenvalue weighted by atomic mass is 19.3. The Morgan fingerprint density at radius 3 is 1.84 bits per heavy atom. The Morgan fingerprint density at radius 2 is 1.34 bits per heavy atom. The molecule has 0 amide bonds. The van der Waals surface area contributed by atoms with E-state index in [-0.39, 0.29) is 5.75 Å². The van der Waals surface area contributed by atoms with Crippen molar-refractivity contribution in [1.29, 1.82) is 0 Å². The van der Waals surface area contributed by atoms with E-state index in [1.165, 1.54) is 89.2 Å². The number of rotatable bonds is 11. The third-order valence-corrected chi connectivity index (χ3v) is 7.94. The SMILES string of the molecule is CCCCCC1CCC(C2CCC(CCc3ccc(OC(F)(F)C(F)F)cc3)CC2)CC1. The van der Waals surface area contributed by atoms with Crippen LogP contribution < -0.4 is 4.74 Å². The second kappa shape index (κ2) is 12.3. The van der Waals surface area contributed by atoms with Crippen LogP contribution in [-0.2, 0) is 6.42 Å². The van der Waals surface area contributed by atoms with Gasteiger partial charge >= 0.3 is 12.5 Å². The maximum atomic E-state index is 13.0. The van der Waals surface area contributed by atoms with Gasteiger partial charge in [-0.1, -0.05) is 70.4 Å². The van der Waals surface area contributed by atoms with Crippen LogP contribution >= 0.6 is 0 Å². The van der Waals surface area contributed by atoms with E-state index in [0.717, 1.165) is 42.1 Å². The molecular formula is C27H40F4O. The summed E-state index contributed by atoms with van der Waals surface area (Å²) >= 11 is 0. The summed E-state index contributed by atoms with van der Waals surface area (Å²) in [5.74, 6) is 3.34. The standard InChI is InChI=1S/C27H40F4O/c1-2-3-4-5-20-8-14-23(15-9-20)24-16-10-21(11-17-24)6-7-22-12-18-25(19-13-22)32-27(30,31)26(28)29/h12-13,18-21,23-24,26H,2-11,14-17H2,1H3. The second-order valence-electron chi connectivity index (χ2n) is 10.2. The van der Waals surface area contributed by atoms with Crippen LogP contribution in [0.4, 0.5) is 17.6 Å². The van der Waals surface area contributed by atoms with E-state index in [0.29, 0.717) is 0 Å². The van der Waals surface area contributed by atoms with E-state index >= 15 is 0 Å². The smallest absolute Gasteiger partial charge is 0.428 e. The van der Waals surface area contributed by atoms with Crippen molar-refractivity contribution in [2.24, 2.45) is 23.7 Å². The summed E-state index contributed by atoms with van der Waals surface area (Å²) in [6.07, 6.45) is 10.3. The Balaban J connectivity index is 1.33. The first-order valence-corrected chi connectivity index (χ1v) is 12.8. The molecule has 0 saturated heterocycles. The molecule has 32 heavy (non-hydrogen) atoms. The van der Waals surface area contributed by atoms with Gasteiger partial charge in [0.1, 0.15) is 5.75 Å². The Morgan fingerprint density at radius 1 is 0.812 bits per heavy atom. The van der Waals surface area contributed by atoms with Crippen molar-refractivity contribution in [2.45, 2.75) is 109 Å². The van der Waals surface area contributed by atoms with Gasteiger partial charge in [-0.2, -0.15) is 17.6 Å². The molecule has 1 nitrogen and oxygen atoms in total. The number of hydrogen-bond acceptors (Lipinski definition) is 1. The molecule has 0 spiro atoms. The largest absolute Gasteiger partial charge is 0.461 e. The summed E-state index contributed by atoms with van der Waals surface area (Å²) in [5, 5.41) is 0. The predicted octanol–water partition coefficient (Wildman–Crippen LogP) is 9.05. The molecule has 2 fully saturated rings. The molecule has 0 unspecified atom stereocenters. The third kappa shape index (κ3) is 7.66. The van der Waals surface area contributed by atoms with Gasteiger partial charge < -0.3 is 4.74 Å². The lowest BCUT2D eigenvalue weighted by molar-refractivity contribution is -0.253. The van der Waals surface area contributed by atoms with Crippen LogP contribution in [0.3, 0.4) is 0 Å². The van der Waals surface area contributed by atoms with Crippen molar-refractivity contribution in [2.75, 3.05) is 0 Å². The van der Waals surface area contributed by atoms with Crippen LogP contribution in [0, 0.1) is 23.7 Å². The number of halogens is 4. The number of hydrogen-bond donors (Lipinski definition) is 0. The topological polar surface area (TPSA) is 9.23 Å². The molecule has 3 rings (SSSR count). The van der Waals surface area contributed by atoms with Crippen LogP contribution in [0.5, 0.6) is 5.75 Å². The van der Waals surface area contributed by atoms with Gasteiger partial charge in [0.25, 0.3) is 0 Å². The first-order valence-electron chi connectivity index (χ1n) is 12.8. The quantitative estimate of drug-likeness (QED) is 0.238. The van der Waals surface area contributed by atoms with Gasteiger partial charge in [0.05, 0.1) is 0 Å². The van der Waals surface area contributed by atoms with Crippen LogP contribution in [-0.4, -0.2) is 12.5 Å². The zero-order valence-electron chi connectivity index (χ0n) is 19.5. The Hall–Kier alpha value is -1.26. The van der Waals surface area contributed by atoms with Crippen molar-refractivity contribution in [3.63, 3.8) is 0 Å². The van der Waals surface area contributed by atoms with Gasteiger partial charge in [0.2, 0.25) is 0 Å². The molecule has 0 heterocycles. The number of alkyl halides is 4. The molecule has 0 bridgehead atoms. The number of ether oxygens (including phenoxy) is 1. The molecule has 2 aliphatic carbocycles. The molecule has 1 aromatic rings. The lowest BCUT2D eigenvalue weighted by Crippen LogP contribution is -2.33. The van der Waals surface area contributed by atoms with Crippen molar-refractivity contribution in [3.8, 4) is 5.75 Å². The second-order valence-corrected chi connectivity index (χ2v) is 10.2. The maximum Gasteiger partial charge on any atom is 0.461 e. The first-order chi connectivity index (χ1) is 15.4. The highest BCUT2D eigenvalue weighted by molar-refractivity contribution is 5.27. The molecule has 1 aromatic carbocycles. The van der Waals surface area contributed by atoms with Crippen molar-refractivity contribution in [1.82, 2.24) is 0 Å². The van der Waals surface area contributed by atoms with Gasteiger partial charge in [-0.15, -0.1) is 0 Å². The molecule has 2 aliphatic rings. The van der Waals surface area contributed by atoms with Gasteiger partial charge in [0, 0.05) is 0 Å². The van der Waals surface area contributed by atoms with E-state index in [2.05, 4.69) is 11.7 Å². The van der Waals surface area contributed by atoms with Gasteiger partial charge in [-0.3, -0.25) is 0 Å². The normalized spacial score (nSPS) is 26.9. The minimum Gasteiger partial charge on any atom is -0.428 e. The minimum absolute atomic E-state index is 0.223. The zero-order chi connectivity index (χ0) is 23.0. The minimum atomic E-state index is -4.45. The zero-order valence-corrected chi connectivity index (χ0v) is 19.5. The highest BCUT2D eigenvalue weighted by Gasteiger charge is 2.43. The fourth-order valence-electron chi connectivity index (χ4n) is 5.88. The molecule has 0 radical (unpaired) electrons. The summed E-state index contributed by atoms with van der Waals surface area (Å²) in [6, 6.07) is 6.14. The molecular weight excluding hydrogens is 416 g/mol. The van der Waals surface area contributed by atoms with E-state index in [1.807, 2.05) is 0 Å². The number of benzene rings is 1. The maximum absolute atomic E-state index is 13.0. The fraction of sp³-hybridized carbons (Fsp3) is 0.778. The van der Waals surface area contributed by atoms with Crippen LogP contribution in [0.1, 0.15) is 96.0 Å². The van der Waals surface area contributed by atoms with E-state index in [4.69, 9.17) is 0 Å². The molecule has 0 aromatic heterocycles. The van der Waals surface area contributed by atoms with Crippen LogP contribution in [0.15, 0.2) is 24.3 Å². The van der Waals surface area contributed by atoms with Gasteiger partial charge in [-0.05, 0) is 79.9 Å². The molecule has 0 N–H and O–H groups in total. The summed E-state index contributed by atoms with van der Waals surface area (Å²) in [7, 11) is 0. The van der Waals surface area contributed by atoms with Crippen molar-refractivity contribution < 1.29 is 22.3 Å². The van der Waals surface area contributed by atoms with E-state index < -0.39 is 12.5 Å². The first kappa shape index (κ1) is 25.4. The fourth-order valence-corrected chi connectivity index (χ4v) is 5.88. The number of unbranched alkanes of at least 4 members (excludes halogenated alkanes) is 2. The average Bonchev–Trinajstić information content (AvgIpc) is 2.79. The van der Waals surface area contributed by atoms with E-state index in [1.54, 1.807) is 12.1 Å². The van der Waals surface area contributed by atoms with Crippen LogP contribution in [0.25, 0.3) is 0 Å². The summed E-state index contributed by atoms with van der Waals surface area (Å²) < 4.78 is 54.6. The lowest BCUT2D eigenvalue weighted by Gasteiger charge is -2.38. The molecule has 5 heteroatoms. The Bertz CT molecular complexity index is 644. The highest BCUT2D eigenvalue weighted by Crippen LogP contribution is 2.43. The molecule has 2 saturated carbocycles. The monoisotopic (exact) mass is 456 g/mol. The number of aryl methyl sites for hydroxylation is 1. The molecule has 182 valence electrons. The third-order valence-electron chi connectivity index (χ3n) is 7.94. The Kier molecular flexibility index (Phi) is 9.73. The van der Waals surface area contributed by atoms with E-state index in [9.17, 15) is 17.6 Å². The average molecular weight is 457 g/mol. The van der Waals surface area contributed by atoms with Crippen molar-refractivity contribution >= 4 is 0 Å². The van der Waals surface area contributed by atoms with Crippen molar-refractivity contribution in [3.05, 3.63) is 29.8 Å². The van der Waals surface area contributed by atoms with Gasteiger partial charge in [-0.25, -0.2) is 0 Å². The molecule has 0 aliphatic heterocycles. The summed E-state index contributed by atoms with van der Waals surface area (Å²) in [6.45, 7) is 2.28. The predicted molar refractivity (Wildman–Crippen MR) is 121 cm³/mol. The van der Waals surface area contributed by atoms with Gasteiger partial charge in [0.15, 0.2) is 0 Å². The van der Waals surface area contributed by atoms with Crippen LogP contribution in [0.2, 0.25) is 0 Å². The summed E-state index contributed by atoms with van der Waals surface area (Å²) in [4.78, 5) is 0.